The van der Waals surface area contributed by atoms with Crippen molar-refractivity contribution in [1.82, 2.24) is 14.9 Å². The third-order valence-electron chi connectivity index (χ3n) is 4.24. The van der Waals surface area contributed by atoms with Crippen LogP contribution in [0.3, 0.4) is 0 Å². The van der Waals surface area contributed by atoms with Crippen molar-refractivity contribution in [1.29, 1.82) is 0 Å². The maximum absolute atomic E-state index is 12.4. The number of carbonyl (C=O) groups is 2. The van der Waals surface area contributed by atoms with E-state index in [0.29, 0.717) is 5.56 Å². The first-order valence-corrected chi connectivity index (χ1v) is 9.26. The van der Waals surface area contributed by atoms with E-state index in [2.05, 4.69) is 10.3 Å². The minimum absolute atomic E-state index is 0.0577. The molecule has 0 fully saturated rings. The van der Waals surface area contributed by atoms with Gasteiger partial charge in [0.15, 0.2) is 0 Å². The number of aryl methyl sites for hydroxylation is 1. The molecule has 0 aliphatic heterocycles. The molecule has 1 heterocycles. The van der Waals surface area contributed by atoms with Crippen LogP contribution in [0.25, 0.3) is 0 Å². The van der Waals surface area contributed by atoms with Gasteiger partial charge in [0, 0.05) is 18.9 Å². The summed E-state index contributed by atoms with van der Waals surface area (Å²) in [6.07, 6.45) is -0.340. The molecule has 10 nitrogen and oxygen atoms in total. The number of H-pyrrole nitrogens is 1. The van der Waals surface area contributed by atoms with Crippen molar-refractivity contribution in [3.05, 3.63) is 68.5 Å². The number of nitrogens with zero attached hydrogens (tertiary/aromatic N) is 1. The summed E-state index contributed by atoms with van der Waals surface area (Å²) in [6.45, 7) is 2.92. The number of nitrogens with one attached hydrogen (secondary N) is 2. The zero-order valence-electron chi connectivity index (χ0n) is 17.0. The Labute approximate surface area is 172 Å². The zero-order valence-corrected chi connectivity index (χ0v) is 17.0. The molecule has 2 atom stereocenters. The first kappa shape index (κ1) is 22.9. The topological polar surface area (TPSA) is 129 Å². The van der Waals surface area contributed by atoms with Gasteiger partial charge in [0.2, 0.25) is 5.91 Å². The van der Waals surface area contributed by atoms with Crippen LogP contribution in [0.2, 0.25) is 0 Å². The molecule has 0 bridgehead atoms. The Morgan fingerprint density at radius 1 is 1.20 bits per heavy atom. The largest absolute Gasteiger partial charge is 0.508 e. The first-order chi connectivity index (χ1) is 14.3. The lowest BCUT2D eigenvalue weighted by Crippen LogP contribution is -2.48. The van der Waals surface area contributed by atoms with E-state index in [1.165, 1.54) is 20.2 Å². The van der Waals surface area contributed by atoms with Crippen molar-refractivity contribution in [2.75, 3.05) is 13.7 Å². The highest BCUT2D eigenvalue weighted by Crippen LogP contribution is 2.06. The smallest absolute Gasteiger partial charge is 0.429 e. The minimum atomic E-state index is -0.880. The van der Waals surface area contributed by atoms with Gasteiger partial charge < -0.3 is 19.5 Å². The van der Waals surface area contributed by atoms with E-state index in [-0.39, 0.29) is 19.8 Å². The van der Waals surface area contributed by atoms with Gasteiger partial charge in [-0.05, 0) is 19.4 Å². The lowest BCUT2D eigenvalue weighted by molar-refractivity contribution is -0.124. The Hall–Kier alpha value is -3.40. The number of rotatable bonds is 9. The molecule has 0 aliphatic carbocycles. The fourth-order valence-corrected chi connectivity index (χ4v) is 2.60. The molecule has 0 saturated carbocycles. The van der Waals surface area contributed by atoms with Crippen molar-refractivity contribution in [2.24, 2.45) is 0 Å². The number of hydrogen-bond donors (Lipinski definition) is 2. The number of aromatic nitrogens is 2. The second-order valence-electron chi connectivity index (χ2n) is 6.68. The summed E-state index contributed by atoms with van der Waals surface area (Å²) in [6, 6.07) is 8.45. The van der Waals surface area contributed by atoms with Gasteiger partial charge >= 0.3 is 11.8 Å². The lowest BCUT2D eigenvalue weighted by atomic mass is 10.2. The van der Waals surface area contributed by atoms with E-state index >= 15 is 0 Å². The maximum atomic E-state index is 12.4. The van der Waals surface area contributed by atoms with E-state index < -0.39 is 35.5 Å². The predicted molar refractivity (Wildman–Crippen MR) is 107 cm³/mol. The molecule has 0 unspecified atom stereocenters. The van der Waals surface area contributed by atoms with E-state index in [4.69, 9.17) is 14.2 Å². The van der Waals surface area contributed by atoms with Crippen molar-refractivity contribution in [3.8, 4) is 0 Å². The van der Waals surface area contributed by atoms with E-state index in [0.717, 1.165) is 10.1 Å². The minimum Gasteiger partial charge on any atom is -0.429 e. The fourth-order valence-electron chi connectivity index (χ4n) is 2.60. The standard InChI is InChI=1S/C20H25N3O7/c1-13-9-23(19(26)22-18(13)25)10-17(24)21-16(12-28-3)14(2)30-20(27)29-11-15-7-5-4-6-8-15/h4-9,14,16H,10-12H2,1-3H3,(H,21,24)(H,22,25,26)/t14-,16-/m0/s1. The van der Waals surface area contributed by atoms with E-state index in [1.54, 1.807) is 6.92 Å². The average Bonchev–Trinajstić information content (AvgIpc) is 2.71. The van der Waals surface area contributed by atoms with Gasteiger partial charge in [0.1, 0.15) is 19.3 Å². The summed E-state index contributed by atoms with van der Waals surface area (Å²) in [5, 5.41) is 2.66. The number of ether oxygens (including phenoxy) is 3. The first-order valence-electron chi connectivity index (χ1n) is 9.26. The van der Waals surface area contributed by atoms with Crippen molar-refractivity contribution >= 4 is 12.1 Å². The normalized spacial score (nSPS) is 12.6. The second kappa shape index (κ2) is 11.0. The molecule has 30 heavy (non-hydrogen) atoms. The van der Waals surface area contributed by atoms with Crippen LogP contribution in [0.15, 0.2) is 46.1 Å². The van der Waals surface area contributed by atoms with Crippen LogP contribution in [0.1, 0.15) is 18.1 Å². The van der Waals surface area contributed by atoms with Crippen LogP contribution in [-0.2, 0) is 32.2 Å². The highest BCUT2D eigenvalue weighted by Gasteiger charge is 2.24. The molecule has 162 valence electrons. The Bertz CT molecular complexity index is 968. The third-order valence-corrected chi connectivity index (χ3v) is 4.24. The summed E-state index contributed by atoms with van der Waals surface area (Å²) >= 11 is 0. The molecule has 2 aromatic rings. The number of methoxy groups -OCH3 is 1. The van der Waals surface area contributed by atoms with Gasteiger partial charge in [0.05, 0.1) is 12.6 Å². The van der Waals surface area contributed by atoms with Crippen LogP contribution in [0, 0.1) is 6.92 Å². The van der Waals surface area contributed by atoms with Crippen LogP contribution < -0.4 is 16.6 Å². The Morgan fingerprint density at radius 3 is 2.57 bits per heavy atom. The van der Waals surface area contributed by atoms with Crippen LogP contribution in [0.4, 0.5) is 4.79 Å². The number of benzene rings is 1. The zero-order chi connectivity index (χ0) is 22.1. The second-order valence-corrected chi connectivity index (χ2v) is 6.68. The van der Waals surface area contributed by atoms with Gasteiger partial charge in [-0.2, -0.15) is 0 Å². The molecule has 1 amide bonds. The quantitative estimate of drug-likeness (QED) is 0.573. The molecule has 10 heteroatoms. The van der Waals surface area contributed by atoms with E-state index in [1.807, 2.05) is 30.3 Å². The molecule has 0 radical (unpaired) electrons. The fraction of sp³-hybridized carbons (Fsp3) is 0.400. The molecule has 0 aliphatic rings. The van der Waals surface area contributed by atoms with Gasteiger partial charge in [-0.15, -0.1) is 0 Å². The van der Waals surface area contributed by atoms with Gasteiger partial charge in [-0.3, -0.25) is 19.1 Å². The van der Waals surface area contributed by atoms with Crippen LogP contribution in [-0.4, -0.2) is 47.5 Å². The van der Waals surface area contributed by atoms with Crippen LogP contribution in [0.5, 0.6) is 0 Å². The predicted octanol–water partition coefficient (Wildman–Crippen LogP) is 0.718. The number of carbonyl (C=O) groups excluding carboxylic acids is 2. The number of hydrogen-bond acceptors (Lipinski definition) is 7. The molecule has 1 aromatic heterocycles. The van der Waals surface area contributed by atoms with Gasteiger partial charge in [0.25, 0.3) is 5.56 Å². The lowest BCUT2D eigenvalue weighted by Gasteiger charge is -2.24. The Morgan fingerprint density at radius 2 is 1.90 bits per heavy atom. The Balaban J connectivity index is 1.92. The highest BCUT2D eigenvalue weighted by molar-refractivity contribution is 5.76. The summed E-state index contributed by atoms with van der Waals surface area (Å²) < 4.78 is 16.5. The van der Waals surface area contributed by atoms with Crippen molar-refractivity contribution in [3.63, 3.8) is 0 Å². The average molecular weight is 419 g/mol. The van der Waals surface area contributed by atoms with Crippen molar-refractivity contribution < 1.29 is 23.8 Å². The van der Waals surface area contributed by atoms with Crippen LogP contribution >= 0.6 is 0 Å². The molecule has 1 aromatic carbocycles. The Kier molecular flexibility index (Phi) is 8.36. The summed E-state index contributed by atoms with van der Waals surface area (Å²) in [7, 11) is 1.44. The molecule has 2 rings (SSSR count). The summed E-state index contributed by atoms with van der Waals surface area (Å²) in [5.74, 6) is -0.515. The van der Waals surface area contributed by atoms with Gasteiger partial charge in [-0.25, -0.2) is 9.59 Å². The third kappa shape index (κ3) is 6.89. The molecule has 0 saturated heterocycles. The number of amides is 1. The highest BCUT2D eigenvalue weighted by atomic mass is 16.7. The molecular weight excluding hydrogens is 394 g/mol. The number of aromatic amines is 1. The molecule has 0 spiro atoms. The van der Waals surface area contributed by atoms with Crippen molar-refractivity contribution in [2.45, 2.75) is 39.1 Å². The maximum Gasteiger partial charge on any atom is 0.508 e. The molecular formula is C20H25N3O7. The summed E-state index contributed by atoms with van der Waals surface area (Å²) in [4.78, 5) is 49.7. The van der Waals surface area contributed by atoms with Gasteiger partial charge in [-0.1, -0.05) is 30.3 Å². The summed E-state index contributed by atoms with van der Waals surface area (Å²) in [5.41, 5.74) is -0.0954. The monoisotopic (exact) mass is 419 g/mol. The van der Waals surface area contributed by atoms with E-state index in [9.17, 15) is 19.2 Å². The molecule has 2 N–H and O–H groups in total. The SMILES string of the molecule is COC[C@H](NC(=O)Cn1cc(C)c(=O)[nH]c1=O)[C@H](C)OC(=O)OCc1ccccc1.